The summed E-state index contributed by atoms with van der Waals surface area (Å²) >= 11 is 0. The number of hydrogen-bond acceptors (Lipinski definition) is 5. The molecule has 0 spiro atoms. The molecule has 0 saturated heterocycles. The Labute approximate surface area is 141 Å². The van der Waals surface area contributed by atoms with Crippen LogP contribution in [0.25, 0.3) is 17.2 Å². The van der Waals surface area contributed by atoms with Crippen molar-refractivity contribution in [1.82, 2.24) is 4.98 Å². The molecule has 1 heterocycles. The van der Waals surface area contributed by atoms with Gasteiger partial charge in [-0.3, -0.25) is 0 Å². The van der Waals surface area contributed by atoms with Crippen LogP contribution in [0.15, 0.2) is 59.0 Å². The van der Waals surface area contributed by atoms with Gasteiger partial charge in [0.1, 0.15) is 17.9 Å². The number of para-hydroxylation sites is 3. The van der Waals surface area contributed by atoms with Crippen molar-refractivity contribution in [2.24, 2.45) is 0 Å². The second kappa shape index (κ2) is 7.57. The number of nitrogens with zero attached hydrogens (tertiary/aromatic N) is 1. The van der Waals surface area contributed by atoms with Crippen LogP contribution in [0.2, 0.25) is 0 Å². The number of fused-ring (bicyclic) bond motifs is 1. The smallest absolute Gasteiger partial charge is 0.387 e. The first-order chi connectivity index (χ1) is 12.1. The van der Waals surface area contributed by atoms with Crippen LogP contribution in [-0.4, -0.2) is 17.6 Å². The van der Waals surface area contributed by atoms with Crippen molar-refractivity contribution < 1.29 is 27.5 Å². The van der Waals surface area contributed by atoms with Gasteiger partial charge < -0.3 is 13.9 Å². The zero-order valence-corrected chi connectivity index (χ0v) is 12.9. The van der Waals surface area contributed by atoms with E-state index in [-0.39, 0.29) is 18.2 Å². The van der Waals surface area contributed by atoms with Gasteiger partial charge in [0.15, 0.2) is 5.58 Å². The molecule has 0 amide bonds. The number of oxazole rings is 1. The molecule has 0 bridgehead atoms. The van der Waals surface area contributed by atoms with Crippen LogP contribution >= 0.6 is 0 Å². The van der Waals surface area contributed by atoms with Crippen LogP contribution < -0.4 is 4.74 Å². The normalized spacial score (nSPS) is 11.3. The van der Waals surface area contributed by atoms with Crippen LogP contribution in [0.5, 0.6) is 5.75 Å². The number of hydrogen-bond donors (Lipinski definition) is 0. The number of esters is 1. The van der Waals surface area contributed by atoms with Gasteiger partial charge >= 0.3 is 12.6 Å². The van der Waals surface area contributed by atoms with Gasteiger partial charge in [-0.15, -0.1) is 0 Å². The zero-order valence-electron chi connectivity index (χ0n) is 12.9. The Kier molecular flexibility index (Phi) is 5.03. The average Bonchev–Trinajstić information content (AvgIpc) is 3.01. The number of rotatable bonds is 6. The Hall–Kier alpha value is -3.22. The van der Waals surface area contributed by atoms with Crippen molar-refractivity contribution in [2.75, 3.05) is 0 Å². The Balaban J connectivity index is 1.61. The SMILES string of the molecule is O=C(/C=C/c1nc2ccccc2o1)OCc1ccccc1OC(F)F. The lowest BCUT2D eigenvalue weighted by molar-refractivity contribution is -0.139. The van der Waals surface area contributed by atoms with Crippen LogP contribution in [0.3, 0.4) is 0 Å². The average molecular weight is 345 g/mol. The number of ether oxygens (including phenoxy) is 2. The fraction of sp³-hybridized carbons (Fsp3) is 0.111. The molecule has 25 heavy (non-hydrogen) atoms. The maximum atomic E-state index is 12.3. The van der Waals surface area contributed by atoms with Crippen molar-refractivity contribution in [2.45, 2.75) is 13.2 Å². The molecule has 0 fully saturated rings. The third-order valence-electron chi connectivity index (χ3n) is 3.23. The van der Waals surface area contributed by atoms with Gasteiger partial charge in [-0.1, -0.05) is 30.3 Å². The van der Waals surface area contributed by atoms with E-state index in [1.54, 1.807) is 24.3 Å². The maximum absolute atomic E-state index is 12.3. The number of carbonyl (C=O) groups is 1. The number of benzene rings is 2. The first kappa shape index (κ1) is 16.6. The number of carbonyl (C=O) groups excluding carboxylic acids is 1. The minimum atomic E-state index is -2.95. The summed E-state index contributed by atoms with van der Waals surface area (Å²) in [6.07, 6.45) is 2.53. The summed E-state index contributed by atoms with van der Waals surface area (Å²) in [6, 6.07) is 13.3. The largest absolute Gasteiger partial charge is 0.458 e. The molecule has 2 aromatic carbocycles. The Bertz CT molecular complexity index is 872. The highest BCUT2D eigenvalue weighted by atomic mass is 19.3. The minimum absolute atomic E-state index is 0.0340. The van der Waals surface area contributed by atoms with E-state index in [9.17, 15) is 13.6 Å². The Morgan fingerprint density at radius 1 is 1.16 bits per heavy atom. The van der Waals surface area contributed by atoms with Crippen LogP contribution in [0.1, 0.15) is 11.5 Å². The fourth-order valence-corrected chi connectivity index (χ4v) is 2.13. The van der Waals surface area contributed by atoms with E-state index < -0.39 is 12.6 Å². The van der Waals surface area contributed by atoms with E-state index >= 15 is 0 Å². The monoisotopic (exact) mass is 345 g/mol. The number of alkyl halides is 2. The highest BCUT2D eigenvalue weighted by molar-refractivity contribution is 5.87. The Morgan fingerprint density at radius 2 is 1.92 bits per heavy atom. The van der Waals surface area contributed by atoms with E-state index in [0.29, 0.717) is 16.7 Å². The quantitative estimate of drug-likeness (QED) is 0.495. The van der Waals surface area contributed by atoms with E-state index in [0.717, 1.165) is 6.08 Å². The van der Waals surface area contributed by atoms with Crippen molar-refractivity contribution in [3.8, 4) is 5.75 Å². The number of halogens is 2. The summed E-state index contributed by atoms with van der Waals surface area (Å²) in [5.41, 5.74) is 1.62. The Morgan fingerprint density at radius 3 is 2.72 bits per heavy atom. The summed E-state index contributed by atoms with van der Waals surface area (Å²) < 4.78 is 39.5. The standard InChI is InChI=1S/C18H13F2NO4/c19-18(20)25-14-7-3-1-5-12(14)11-23-17(22)10-9-16-21-13-6-2-4-8-15(13)24-16/h1-10,18H,11H2/b10-9+. The maximum Gasteiger partial charge on any atom is 0.387 e. The molecule has 3 aromatic rings. The molecule has 0 aliphatic carbocycles. The van der Waals surface area contributed by atoms with Crippen LogP contribution in [0.4, 0.5) is 8.78 Å². The van der Waals surface area contributed by atoms with Crippen molar-refractivity contribution >= 4 is 23.1 Å². The molecule has 0 radical (unpaired) electrons. The molecular weight excluding hydrogens is 332 g/mol. The highest BCUT2D eigenvalue weighted by Crippen LogP contribution is 2.21. The summed E-state index contributed by atoms with van der Waals surface area (Å²) in [7, 11) is 0. The topological polar surface area (TPSA) is 61.6 Å². The first-order valence-electron chi connectivity index (χ1n) is 7.35. The predicted octanol–water partition coefficient (Wildman–Crippen LogP) is 4.19. The second-order valence-corrected chi connectivity index (χ2v) is 4.95. The van der Waals surface area contributed by atoms with E-state index in [1.165, 1.54) is 18.2 Å². The molecule has 0 atom stereocenters. The molecule has 128 valence electrons. The molecule has 0 unspecified atom stereocenters. The van der Waals surface area contributed by atoms with Crippen molar-refractivity contribution in [3.05, 3.63) is 66.1 Å². The molecule has 7 heteroatoms. The highest BCUT2D eigenvalue weighted by Gasteiger charge is 2.10. The van der Waals surface area contributed by atoms with Crippen molar-refractivity contribution in [3.63, 3.8) is 0 Å². The van der Waals surface area contributed by atoms with Gasteiger partial charge in [-0.2, -0.15) is 8.78 Å². The van der Waals surface area contributed by atoms with Crippen LogP contribution in [-0.2, 0) is 16.1 Å². The first-order valence-corrected chi connectivity index (χ1v) is 7.35. The zero-order chi connectivity index (χ0) is 17.6. The van der Waals surface area contributed by atoms with Gasteiger partial charge in [0.05, 0.1) is 0 Å². The molecule has 5 nitrogen and oxygen atoms in total. The molecule has 0 aliphatic heterocycles. The van der Waals surface area contributed by atoms with Gasteiger partial charge in [-0.25, -0.2) is 9.78 Å². The lowest BCUT2D eigenvalue weighted by Crippen LogP contribution is -2.06. The summed E-state index contributed by atoms with van der Waals surface area (Å²) in [5.74, 6) is -0.429. The van der Waals surface area contributed by atoms with Gasteiger partial charge in [0.2, 0.25) is 5.89 Å². The van der Waals surface area contributed by atoms with E-state index in [4.69, 9.17) is 9.15 Å². The molecular formula is C18H13F2NO4. The second-order valence-electron chi connectivity index (χ2n) is 4.95. The third kappa shape index (κ3) is 4.41. The molecule has 3 rings (SSSR count). The summed E-state index contributed by atoms with van der Waals surface area (Å²) in [4.78, 5) is 16.0. The van der Waals surface area contributed by atoms with Gasteiger partial charge in [0, 0.05) is 17.7 Å². The van der Waals surface area contributed by atoms with Gasteiger partial charge in [0.25, 0.3) is 0 Å². The molecule has 0 N–H and O–H groups in total. The van der Waals surface area contributed by atoms with Gasteiger partial charge in [-0.05, 0) is 18.2 Å². The van der Waals surface area contributed by atoms with Crippen molar-refractivity contribution in [1.29, 1.82) is 0 Å². The lowest BCUT2D eigenvalue weighted by Gasteiger charge is -2.10. The lowest BCUT2D eigenvalue weighted by atomic mass is 10.2. The van der Waals surface area contributed by atoms with Crippen LogP contribution in [0, 0.1) is 0 Å². The molecule has 0 saturated carbocycles. The summed E-state index contributed by atoms with van der Waals surface area (Å²) in [6.45, 7) is -3.14. The van der Waals surface area contributed by atoms with E-state index in [1.807, 2.05) is 12.1 Å². The predicted molar refractivity (Wildman–Crippen MR) is 85.9 cm³/mol. The van der Waals surface area contributed by atoms with E-state index in [2.05, 4.69) is 9.72 Å². The number of aromatic nitrogens is 1. The summed E-state index contributed by atoms with van der Waals surface area (Å²) in [5, 5.41) is 0. The molecule has 1 aromatic heterocycles. The fourth-order valence-electron chi connectivity index (χ4n) is 2.13. The third-order valence-corrected chi connectivity index (χ3v) is 3.23. The molecule has 0 aliphatic rings. The minimum Gasteiger partial charge on any atom is -0.458 e.